The highest BCUT2D eigenvalue weighted by Crippen LogP contribution is 2.20. The van der Waals surface area contributed by atoms with Crippen LogP contribution in [0.1, 0.15) is 31.4 Å². The second-order valence-electron chi connectivity index (χ2n) is 3.50. The normalized spacial score (nSPS) is 12.2. The number of esters is 1. The van der Waals surface area contributed by atoms with Crippen LogP contribution in [-0.4, -0.2) is 17.7 Å². The van der Waals surface area contributed by atoms with Crippen molar-refractivity contribution in [2.75, 3.05) is 6.61 Å². The maximum absolute atomic E-state index is 11.3. The molecule has 88 valence electrons. The molecule has 0 aliphatic carbocycles. The summed E-state index contributed by atoms with van der Waals surface area (Å²) in [4.78, 5) is 11.3. The summed E-state index contributed by atoms with van der Waals surface area (Å²) in [5.74, 6) is -0.394. The fourth-order valence-corrected chi connectivity index (χ4v) is 1.46. The molecule has 1 unspecified atom stereocenters. The van der Waals surface area contributed by atoms with Crippen LogP contribution in [0.3, 0.4) is 0 Å². The first-order valence-corrected chi connectivity index (χ1v) is 5.60. The van der Waals surface area contributed by atoms with Crippen molar-refractivity contribution < 1.29 is 14.6 Å². The Morgan fingerprint density at radius 2 is 2.31 bits per heavy atom. The third kappa shape index (κ3) is 4.21. The number of rotatable bonds is 5. The molecule has 3 nitrogen and oxygen atoms in total. The molecule has 1 N–H and O–H groups in total. The Hall–Kier alpha value is -1.06. The monoisotopic (exact) mass is 242 g/mol. The Balaban J connectivity index is 2.52. The number of carbonyl (C=O) groups is 1. The molecular weight excluding hydrogens is 228 g/mol. The standard InChI is InChI=1S/C12H15ClO3/c1-2-6-16-12(15)8-11(14)9-4-3-5-10(13)7-9/h3-5,7,11,14H,2,6,8H2,1H3. The number of benzene rings is 1. The summed E-state index contributed by atoms with van der Waals surface area (Å²) in [6.45, 7) is 2.31. The minimum absolute atomic E-state index is 0.0413. The zero-order chi connectivity index (χ0) is 12.0. The highest BCUT2D eigenvalue weighted by molar-refractivity contribution is 6.30. The predicted molar refractivity (Wildman–Crippen MR) is 62.3 cm³/mol. The quantitative estimate of drug-likeness (QED) is 0.808. The smallest absolute Gasteiger partial charge is 0.308 e. The number of aliphatic hydroxyl groups excluding tert-OH is 1. The van der Waals surface area contributed by atoms with Gasteiger partial charge in [-0.25, -0.2) is 0 Å². The third-order valence-corrected chi connectivity index (χ3v) is 2.30. The van der Waals surface area contributed by atoms with Gasteiger partial charge in [0.15, 0.2) is 0 Å². The molecule has 4 heteroatoms. The summed E-state index contributed by atoms with van der Waals surface area (Å²) in [5.41, 5.74) is 0.626. The van der Waals surface area contributed by atoms with Crippen LogP contribution in [0.25, 0.3) is 0 Å². The van der Waals surface area contributed by atoms with E-state index in [4.69, 9.17) is 16.3 Å². The summed E-state index contributed by atoms with van der Waals surface area (Å²) >= 11 is 5.78. The van der Waals surface area contributed by atoms with Crippen molar-refractivity contribution in [3.8, 4) is 0 Å². The van der Waals surface area contributed by atoms with Crippen LogP contribution >= 0.6 is 11.6 Å². The summed E-state index contributed by atoms with van der Waals surface area (Å²) < 4.78 is 4.88. The summed E-state index contributed by atoms with van der Waals surface area (Å²) in [5, 5.41) is 10.3. The van der Waals surface area contributed by atoms with Crippen molar-refractivity contribution >= 4 is 17.6 Å². The molecule has 0 aliphatic heterocycles. The lowest BCUT2D eigenvalue weighted by atomic mass is 10.1. The SMILES string of the molecule is CCCOC(=O)CC(O)c1cccc(Cl)c1. The van der Waals surface area contributed by atoms with E-state index in [9.17, 15) is 9.90 Å². The molecule has 0 aliphatic rings. The van der Waals surface area contributed by atoms with E-state index < -0.39 is 12.1 Å². The molecule has 1 aromatic carbocycles. The molecule has 0 saturated heterocycles. The van der Waals surface area contributed by atoms with Crippen LogP contribution < -0.4 is 0 Å². The van der Waals surface area contributed by atoms with E-state index in [-0.39, 0.29) is 6.42 Å². The van der Waals surface area contributed by atoms with Gasteiger partial charge >= 0.3 is 5.97 Å². The lowest BCUT2D eigenvalue weighted by Crippen LogP contribution is -2.10. The molecule has 16 heavy (non-hydrogen) atoms. The maximum atomic E-state index is 11.3. The molecule has 0 amide bonds. The minimum atomic E-state index is -0.858. The van der Waals surface area contributed by atoms with E-state index in [0.717, 1.165) is 6.42 Å². The number of hydrogen-bond donors (Lipinski definition) is 1. The van der Waals surface area contributed by atoms with Gasteiger partial charge in [-0.1, -0.05) is 30.7 Å². The zero-order valence-electron chi connectivity index (χ0n) is 9.15. The van der Waals surface area contributed by atoms with Gasteiger partial charge in [0.1, 0.15) is 0 Å². The molecule has 1 rings (SSSR count). The van der Waals surface area contributed by atoms with Gasteiger partial charge in [0.25, 0.3) is 0 Å². The largest absolute Gasteiger partial charge is 0.466 e. The Kier molecular flexibility index (Phi) is 5.29. The highest BCUT2D eigenvalue weighted by Gasteiger charge is 2.13. The average Bonchev–Trinajstić information content (AvgIpc) is 2.26. The molecule has 0 saturated carbocycles. The molecule has 0 fully saturated rings. The zero-order valence-corrected chi connectivity index (χ0v) is 9.91. The van der Waals surface area contributed by atoms with Gasteiger partial charge in [-0.15, -0.1) is 0 Å². The number of carbonyl (C=O) groups excluding carboxylic acids is 1. The third-order valence-electron chi connectivity index (χ3n) is 2.06. The van der Waals surface area contributed by atoms with E-state index in [1.165, 1.54) is 0 Å². The molecule has 0 radical (unpaired) electrons. The van der Waals surface area contributed by atoms with E-state index >= 15 is 0 Å². The number of hydrogen-bond acceptors (Lipinski definition) is 3. The Labute approximate surface area is 100.0 Å². The molecule has 1 atom stereocenters. The fourth-order valence-electron chi connectivity index (χ4n) is 1.26. The lowest BCUT2D eigenvalue weighted by Gasteiger charge is -2.10. The maximum Gasteiger partial charge on any atom is 0.308 e. The lowest BCUT2D eigenvalue weighted by molar-refractivity contribution is -0.146. The first kappa shape index (κ1) is 13.0. The van der Waals surface area contributed by atoms with Crippen molar-refractivity contribution in [3.63, 3.8) is 0 Å². The van der Waals surface area contributed by atoms with Crippen molar-refractivity contribution in [1.82, 2.24) is 0 Å². The van der Waals surface area contributed by atoms with Crippen LogP contribution in [0, 0.1) is 0 Å². The number of ether oxygens (including phenoxy) is 1. The van der Waals surface area contributed by atoms with Crippen LogP contribution in [0.4, 0.5) is 0 Å². The van der Waals surface area contributed by atoms with Crippen molar-refractivity contribution in [2.24, 2.45) is 0 Å². The molecule has 0 aromatic heterocycles. The summed E-state index contributed by atoms with van der Waals surface area (Å²) in [6.07, 6.45) is -0.123. The molecule has 0 bridgehead atoms. The Morgan fingerprint density at radius 3 is 2.94 bits per heavy atom. The second kappa shape index (κ2) is 6.51. The van der Waals surface area contributed by atoms with E-state index in [0.29, 0.717) is 17.2 Å². The van der Waals surface area contributed by atoms with Gasteiger partial charge in [-0.3, -0.25) is 4.79 Å². The summed E-state index contributed by atoms with van der Waals surface area (Å²) in [7, 11) is 0. The van der Waals surface area contributed by atoms with E-state index in [1.807, 2.05) is 6.92 Å². The van der Waals surface area contributed by atoms with Gasteiger partial charge in [-0.05, 0) is 24.1 Å². The van der Waals surface area contributed by atoms with Gasteiger partial charge in [0.05, 0.1) is 19.1 Å². The highest BCUT2D eigenvalue weighted by atomic mass is 35.5. The molecule has 0 heterocycles. The van der Waals surface area contributed by atoms with Gasteiger partial charge in [-0.2, -0.15) is 0 Å². The first-order valence-electron chi connectivity index (χ1n) is 5.22. The topological polar surface area (TPSA) is 46.5 Å². The Bertz CT molecular complexity index is 352. The molecule has 0 spiro atoms. The minimum Gasteiger partial charge on any atom is -0.466 e. The van der Waals surface area contributed by atoms with Crippen molar-refractivity contribution in [3.05, 3.63) is 34.9 Å². The van der Waals surface area contributed by atoms with E-state index in [2.05, 4.69) is 0 Å². The predicted octanol–water partition coefficient (Wildman–Crippen LogP) is 2.72. The van der Waals surface area contributed by atoms with Crippen molar-refractivity contribution in [1.29, 1.82) is 0 Å². The van der Waals surface area contributed by atoms with Crippen LogP contribution in [0.2, 0.25) is 5.02 Å². The van der Waals surface area contributed by atoms with Gasteiger partial charge in [0, 0.05) is 5.02 Å². The molecule has 1 aromatic rings. The number of aliphatic hydroxyl groups is 1. The van der Waals surface area contributed by atoms with Crippen LogP contribution in [-0.2, 0) is 9.53 Å². The summed E-state index contributed by atoms with van der Waals surface area (Å²) in [6, 6.07) is 6.81. The van der Waals surface area contributed by atoms with Crippen LogP contribution in [0.15, 0.2) is 24.3 Å². The first-order chi connectivity index (χ1) is 7.63. The van der Waals surface area contributed by atoms with Gasteiger partial charge in [0.2, 0.25) is 0 Å². The van der Waals surface area contributed by atoms with E-state index in [1.54, 1.807) is 24.3 Å². The fraction of sp³-hybridized carbons (Fsp3) is 0.417. The van der Waals surface area contributed by atoms with Gasteiger partial charge < -0.3 is 9.84 Å². The second-order valence-corrected chi connectivity index (χ2v) is 3.93. The Morgan fingerprint density at radius 1 is 1.56 bits per heavy atom. The van der Waals surface area contributed by atoms with Crippen molar-refractivity contribution in [2.45, 2.75) is 25.9 Å². The number of halogens is 1. The molecular formula is C12H15ClO3. The van der Waals surface area contributed by atoms with Crippen LogP contribution in [0.5, 0.6) is 0 Å². The average molecular weight is 243 g/mol.